The minimum Gasteiger partial charge on any atom is -0.322 e. The fraction of sp³-hybridized carbons (Fsp3) is 0.231. The van der Waals surface area contributed by atoms with Crippen LogP contribution in [0.2, 0.25) is 0 Å². The molecule has 0 bridgehead atoms. The fourth-order valence-corrected chi connectivity index (χ4v) is 1.83. The Kier molecular flexibility index (Phi) is 2.24. The van der Waals surface area contributed by atoms with E-state index >= 15 is 0 Å². The van der Waals surface area contributed by atoms with Gasteiger partial charge in [-0.2, -0.15) is 0 Å². The highest BCUT2D eigenvalue weighted by molar-refractivity contribution is 5.87. The first-order chi connectivity index (χ1) is 7.00. The second kappa shape index (κ2) is 3.31. The van der Waals surface area contributed by atoms with Crippen LogP contribution in [0.3, 0.4) is 0 Å². The molecule has 15 heavy (non-hydrogen) atoms. The highest BCUT2D eigenvalue weighted by atomic mass is 19.1. The van der Waals surface area contributed by atoms with Crippen molar-refractivity contribution in [1.29, 1.82) is 0 Å². The maximum atomic E-state index is 13.7. The predicted molar refractivity (Wildman–Crippen MR) is 61.1 cm³/mol. The van der Waals surface area contributed by atoms with Crippen molar-refractivity contribution in [3.63, 3.8) is 0 Å². The minimum absolute atomic E-state index is 0.207. The molecular weight excluding hydrogens is 189 g/mol. The van der Waals surface area contributed by atoms with Crippen LogP contribution < -0.4 is 5.73 Å². The molecule has 2 aromatic rings. The lowest BCUT2D eigenvalue weighted by molar-refractivity contribution is 0.554. The van der Waals surface area contributed by atoms with Crippen LogP contribution in [-0.2, 0) is 5.54 Å². The summed E-state index contributed by atoms with van der Waals surface area (Å²) in [4.78, 5) is 0. The topological polar surface area (TPSA) is 26.0 Å². The molecule has 0 heterocycles. The molecule has 0 unspecified atom stereocenters. The van der Waals surface area contributed by atoms with Crippen molar-refractivity contribution in [2.45, 2.75) is 19.4 Å². The minimum atomic E-state index is -0.526. The molecule has 0 amide bonds. The molecule has 0 saturated carbocycles. The van der Waals surface area contributed by atoms with E-state index in [9.17, 15) is 4.39 Å². The fourth-order valence-electron chi connectivity index (χ4n) is 1.83. The molecule has 0 aliphatic rings. The molecule has 0 aliphatic heterocycles. The maximum Gasteiger partial charge on any atom is 0.131 e. The van der Waals surface area contributed by atoms with E-state index in [1.807, 2.05) is 38.1 Å². The Bertz CT molecular complexity index is 492. The average molecular weight is 203 g/mol. The Hall–Kier alpha value is -1.41. The normalized spacial score (nSPS) is 12.0. The van der Waals surface area contributed by atoms with E-state index in [0.29, 0.717) is 5.39 Å². The summed E-state index contributed by atoms with van der Waals surface area (Å²) < 4.78 is 13.7. The van der Waals surface area contributed by atoms with Crippen LogP contribution >= 0.6 is 0 Å². The summed E-state index contributed by atoms with van der Waals surface area (Å²) in [6.07, 6.45) is 0. The second-order valence-electron chi connectivity index (χ2n) is 4.37. The summed E-state index contributed by atoms with van der Waals surface area (Å²) in [6, 6.07) is 10.8. The molecule has 2 rings (SSSR count). The summed E-state index contributed by atoms with van der Waals surface area (Å²) in [5.74, 6) is -0.207. The van der Waals surface area contributed by atoms with Crippen molar-refractivity contribution in [3.05, 3.63) is 47.8 Å². The number of nitrogens with two attached hydrogens (primary N) is 1. The van der Waals surface area contributed by atoms with E-state index in [2.05, 4.69) is 0 Å². The average Bonchev–Trinajstić information content (AvgIpc) is 2.16. The molecular formula is C13H14FN. The first-order valence-electron chi connectivity index (χ1n) is 4.97. The molecule has 0 atom stereocenters. The number of halogens is 1. The van der Waals surface area contributed by atoms with Gasteiger partial charge in [-0.05, 0) is 30.9 Å². The van der Waals surface area contributed by atoms with E-state index in [1.165, 1.54) is 6.07 Å². The largest absolute Gasteiger partial charge is 0.322 e. The Morgan fingerprint density at radius 3 is 2.27 bits per heavy atom. The van der Waals surface area contributed by atoms with Crippen LogP contribution in [0.25, 0.3) is 10.8 Å². The van der Waals surface area contributed by atoms with Crippen molar-refractivity contribution >= 4 is 10.8 Å². The van der Waals surface area contributed by atoms with Gasteiger partial charge in [0.2, 0.25) is 0 Å². The molecule has 2 heteroatoms. The molecule has 0 fully saturated rings. The van der Waals surface area contributed by atoms with Crippen LogP contribution in [0.15, 0.2) is 36.4 Å². The van der Waals surface area contributed by atoms with Gasteiger partial charge in [-0.1, -0.05) is 30.3 Å². The van der Waals surface area contributed by atoms with Crippen LogP contribution in [-0.4, -0.2) is 0 Å². The van der Waals surface area contributed by atoms with Gasteiger partial charge in [0.1, 0.15) is 5.82 Å². The smallest absolute Gasteiger partial charge is 0.131 e. The summed E-state index contributed by atoms with van der Waals surface area (Å²) in [7, 11) is 0. The van der Waals surface area contributed by atoms with Gasteiger partial charge in [-0.3, -0.25) is 0 Å². The molecule has 1 nitrogen and oxygen atoms in total. The van der Waals surface area contributed by atoms with Gasteiger partial charge >= 0.3 is 0 Å². The van der Waals surface area contributed by atoms with Gasteiger partial charge in [-0.15, -0.1) is 0 Å². The Balaban J connectivity index is 2.86. The maximum absolute atomic E-state index is 13.7. The van der Waals surface area contributed by atoms with Crippen molar-refractivity contribution < 1.29 is 4.39 Å². The zero-order valence-corrected chi connectivity index (χ0v) is 8.92. The Morgan fingerprint density at radius 2 is 1.67 bits per heavy atom. The van der Waals surface area contributed by atoms with Crippen LogP contribution in [0, 0.1) is 5.82 Å². The summed E-state index contributed by atoms with van der Waals surface area (Å²) in [6.45, 7) is 3.77. The molecule has 0 aliphatic carbocycles. The molecule has 0 saturated heterocycles. The number of fused-ring (bicyclic) bond motifs is 1. The monoisotopic (exact) mass is 203 g/mol. The highest BCUT2D eigenvalue weighted by Gasteiger charge is 2.18. The Labute approximate surface area is 88.7 Å². The van der Waals surface area contributed by atoms with Gasteiger partial charge < -0.3 is 5.73 Å². The number of benzene rings is 2. The van der Waals surface area contributed by atoms with E-state index in [0.717, 1.165) is 10.9 Å². The van der Waals surface area contributed by atoms with Crippen LogP contribution in [0.4, 0.5) is 4.39 Å². The number of hydrogen-bond donors (Lipinski definition) is 1. The van der Waals surface area contributed by atoms with E-state index in [4.69, 9.17) is 5.73 Å². The lowest BCUT2D eigenvalue weighted by Gasteiger charge is -2.21. The summed E-state index contributed by atoms with van der Waals surface area (Å²) >= 11 is 0. The van der Waals surface area contributed by atoms with Crippen LogP contribution in [0.1, 0.15) is 19.4 Å². The second-order valence-corrected chi connectivity index (χ2v) is 4.37. The van der Waals surface area contributed by atoms with Crippen molar-refractivity contribution in [3.8, 4) is 0 Å². The first-order valence-corrected chi connectivity index (χ1v) is 4.97. The lowest BCUT2D eigenvalue weighted by Crippen LogP contribution is -2.29. The molecule has 0 radical (unpaired) electrons. The van der Waals surface area contributed by atoms with Crippen molar-refractivity contribution in [2.75, 3.05) is 0 Å². The van der Waals surface area contributed by atoms with Crippen molar-refractivity contribution in [1.82, 2.24) is 0 Å². The van der Waals surface area contributed by atoms with Gasteiger partial charge in [-0.25, -0.2) is 4.39 Å². The van der Waals surface area contributed by atoms with Crippen LogP contribution in [0.5, 0.6) is 0 Å². The molecule has 2 N–H and O–H groups in total. The number of hydrogen-bond acceptors (Lipinski definition) is 1. The third-order valence-corrected chi connectivity index (χ3v) is 2.55. The van der Waals surface area contributed by atoms with Gasteiger partial charge in [0.25, 0.3) is 0 Å². The molecule has 0 aromatic heterocycles. The Morgan fingerprint density at radius 1 is 1.07 bits per heavy atom. The third-order valence-electron chi connectivity index (χ3n) is 2.55. The summed E-state index contributed by atoms with van der Waals surface area (Å²) in [5, 5.41) is 1.53. The lowest BCUT2D eigenvalue weighted by atomic mass is 9.90. The molecule has 2 aromatic carbocycles. The first kappa shape index (κ1) is 10.1. The van der Waals surface area contributed by atoms with Gasteiger partial charge in [0, 0.05) is 10.9 Å². The SMILES string of the molecule is CC(C)(N)c1cccc2cccc(F)c12. The van der Waals surface area contributed by atoms with E-state index in [1.54, 1.807) is 6.07 Å². The summed E-state index contributed by atoms with van der Waals surface area (Å²) in [5.41, 5.74) is 6.34. The van der Waals surface area contributed by atoms with E-state index < -0.39 is 5.54 Å². The van der Waals surface area contributed by atoms with E-state index in [-0.39, 0.29) is 5.82 Å². The zero-order chi connectivity index (χ0) is 11.1. The van der Waals surface area contributed by atoms with Crippen molar-refractivity contribution in [2.24, 2.45) is 5.73 Å². The number of rotatable bonds is 1. The quantitative estimate of drug-likeness (QED) is 0.756. The molecule has 78 valence electrons. The highest BCUT2D eigenvalue weighted by Crippen LogP contribution is 2.28. The molecule has 0 spiro atoms. The predicted octanol–water partition coefficient (Wildman–Crippen LogP) is 3.17. The van der Waals surface area contributed by atoms with Gasteiger partial charge in [0.05, 0.1) is 0 Å². The van der Waals surface area contributed by atoms with Gasteiger partial charge in [0.15, 0.2) is 0 Å². The third kappa shape index (κ3) is 1.73. The standard InChI is InChI=1S/C13H14FN/c1-13(2,15)10-7-3-5-9-6-4-8-11(14)12(9)10/h3-8H,15H2,1-2H3. The zero-order valence-electron chi connectivity index (χ0n) is 8.92.